The van der Waals surface area contributed by atoms with Crippen molar-refractivity contribution in [2.75, 3.05) is 12.3 Å². The second-order valence-electron chi connectivity index (χ2n) is 6.48. The van der Waals surface area contributed by atoms with Gasteiger partial charge in [0.15, 0.2) is 21.3 Å². The molecule has 0 bridgehead atoms. The summed E-state index contributed by atoms with van der Waals surface area (Å²) in [5.74, 6) is -0.0249. The molecule has 2 N–H and O–H groups in total. The van der Waals surface area contributed by atoms with Crippen LogP contribution >= 0.6 is 0 Å². The highest BCUT2D eigenvalue weighted by Gasteiger charge is 2.16. The Morgan fingerprint density at radius 3 is 2.48 bits per heavy atom. The van der Waals surface area contributed by atoms with Crippen LogP contribution in [-0.2, 0) is 9.84 Å². The molecule has 1 unspecified atom stereocenters. The van der Waals surface area contributed by atoms with Crippen LogP contribution in [0.3, 0.4) is 0 Å². The van der Waals surface area contributed by atoms with Gasteiger partial charge in [-0.25, -0.2) is 8.42 Å². The van der Waals surface area contributed by atoms with Gasteiger partial charge in [0.25, 0.3) is 5.91 Å². The van der Waals surface area contributed by atoms with E-state index in [0.29, 0.717) is 17.7 Å². The number of benzene rings is 2. The Morgan fingerprint density at radius 1 is 1.14 bits per heavy atom. The third kappa shape index (κ3) is 5.10. The second kappa shape index (κ2) is 9.02. The van der Waals surface area contributed by atoms with Crippen LogP contribution in [0.25, 0.3) is 11.3 Å². The molecule has 7 nitrogen and oxygen atoms in total. The van der Waals surface area contributed by atoms with E-state index in [9.17, 15) is 18.3 Å². The minimum Gasteiger partial charge on any atom is -0.388 e. The number of carbonyl (C=O) groups excluding carboxylic acids is 1. The summed E-state index contributed by atoms with van der Waals surface area (Å²) in [5.41, 5.74) is 1.52. The summed E-state index contributed by atoms with van der Waals surface area (Å²) in [6.45, 7) is 1.87. The molecule has 0 aliphatic rings. The Balaban J connectivity index is 1.58. The van der Waals surface area contributed by atoms with Gasteiger partial charge in [-0.15, -0.1) is 0 Å². The lowest BCUT2D eigenvalue weighted by Crippen LogP contribution is -2.25. The predicted molar refractivity (Wildman–Crippen MR) is 108 cm³/mol. The van der Waals surface area contributed by atoms with E-state index in [1.165, 1.54) is 18.2 Å². The molecule has 1 aromatic heterocycles. The minimum atomic E-state index is -3.27. The smallest absolute Gasteiger partial charge is 0.273 e. The van der Waals surface area contributed by atoms with E-state index >= 15 is 0 Å². The first-order valence-electron chi connectivity index (χ1n) is 9.22. The number of amides is 1. The van der Waals surface area contributed by atoms with E-state index in [4.69, 9.17) is 4.52 Å². The van der Waals surface area contributed by atoms with Gasteiger partial charge in [-0.3, -0.25) is 4.79 Å². The molecule has 1 atom stereocenters. The summed E-state index contributed by atoms with van der Waals surface area (Å²) in [6.07, 6.45) is -0.296. The molecule has 1 amide bonds. The van der Waals surface area contributed by atoms with Gasteiger partial charge in [0.2, 0.25) is 0 Å². The van der Waals surface area contributed by atoms with Crippen molar-refractivity contribution in [3.63, 3.8) is 0 Å². The number of carbonyl (C=O) groups is 1. The summed E-state index contributed by atoms with van der Waals surface area (Å²) >= 11 is 0. The molecular weight excluding hydrogens is 392 g/mol. The molecule has 3 rings (SSSR count). The molecule has 152 valence electrons. The van der Waals surface area contributed by atoms with Crippen molar-refractivity contribution in [2.45, 2.75) is 24.3 Å². The van der Waals surface area contributed by atoms with Gasteiger partial charge in [-0.05, 0) is 36.2 Å². The molecule has 0 aliphatic heterocycles. The fourth-order valence-electron chi connectivity index (χ4n) is 2.77. The molecule has 0 saturated heterocycles. The van der Waals surface area contributed by atoms with Gasteiger partial charge >= 0.3 is 0 Å². The molecule has 0 saturated carbocycles. The van der Waals surface area contributed by atoms with Gasteiger partial charge in [0.1, 0.15) is 0 Å². The fraction of sp³-hybridized carbons (Fsp3) is 0.238. The third-order valence-corrected chi connectivity index (χ3v) is 6.26. The zero-order valence-corrected chi connectivity index (χ0v) is 16.7. The van der Waals surface area contributed by atoms with Gasteiger partial charge in [0, 0.05) is 18.2 Å². The van der Waals surface area contributed by atoms with Crippen LogP contribution in [0, 0.1) is 0 Å². The maximum Gasteiger partial charge on any atom is 0.273 e. The molecule has 0 aliphatic carbocycles. The topological polar surface area (TPSA) is 110 Å². The lowest BCUT2D eigenvalue weighted by Gasteiger charge is -2.10. The van der Waals surface area contributed by atoms with E-state index < -0.39 is 21.8 Å². The van der Waals surface area contributed by atoms with Gasteiger partial charge in [0.05, 0.1) is 16.8 Å². The number of aromatic nitrogens is 1. The normalized spacial score (nSPS) is 12.5. The van der Waals surface area contributed by atoms with Gasteiger partial charge in [-0.1, -0.05) is 42.4 Å². The number of aliphatic hydroxyl groups is 1. The average molecular weight is 414 g/mol. The highest BCUT2D eigenvalue weighted by molar-refractivity contribution is 7.91. The molecule has 0 fully saturated rings. The predicted octanol–water partition coefficient (Wildman–Crippen LogP) is 2.99. The molecule has 8 heteroatoms. The lowest BCUT2D eigenvalue weighted by molar-refractivity contribution is 0.0933. The number of hydrogen-bond donors (Lipinski definition) is 2. The number of nitrogens with one attached hydrogen (secondary N) is 1. The number of aliphatic hydroxyl groups excluding tert-OH is 1. The van der Waals surface area contributed by atoms with Crippen molar-refractivity contribution in [3.05, 3.63) is 71.9 Å². The molecule has 1 heterocycles. The van der Waals surface area contributed by atoms with E-state index in [1.54, 1.807) is 19.1 Å². The lowest BCUT2D eigenvalue weighted by atomic mass is 10.1. The quantitative estimate of drug-likeness (QED) is 0.586. The monoisotopic (exact) mass is 414 g/mol. The van der Waals surface area contributed by atoms with Crippen molar-refractivity contribution < 1.29 is 22.8 Å². The summed E-state index contributed by atoms with van der Waals surface area (Å²) in [4.78, 5) is 12.5. The third-order valence-electron chi connectivity index (χ3n) is 4.51. The Morgan fingerprint density at radius 2 is 1.83 bits per heavy atom. The van der Waals surface area contributed by atoms with E-state index in [1.807, 2.05) is 30.3 Å². The molecular formula is C21H22N2O5S. The first-order chi connectivity index (χ1) is 13.9. The van der Waals surface area contributed by atoms with Gasteiger partial charge in [-0.2, -0.15) is 0 Å². The molecule has 0 spiro atoms. The van der Waals surface area contributed by atoms with Gasteiger partial charge < -0.3 is 14.9 Å². The molecule has 2 aromatic carbocycles. The Hall–Kier alpha value is -2.97. The zero-order valence-electron chi connectivity index (χ0n) is 15.9. The zero-order chi connectivity index (χ0) is 20.9. The summed E-state index contributed by atoms with van der Waals surface area (Å²) < 4.78 is 29.0. The number of sulfone groups is 1. The van der Waals surface area contributed by atoms with Crippen LogP contribution in [0.15, 0.2) is 70.1 Å². The standard InChI is InChI=1S/C21H22N2O5S/c1-2-29(26,27)17-10-8-16(9-11-17)20-14-18(23-28-20)21(25)22-13-12-19(24)15-6-4-3-5-7-15/h3-11,14,19,24H,2,12-13H2,1H3,(H,22,25). The van der Waals surface area contributed by atoms with Crippen LogP contribution < -0.4 is 5.32 Å². The van der Waals surface area contributed by atoms with Crippen LogP contribution in [0.4, 0.5) is 0 Å². The Bertz CT molecular complexity index is 1060. The van der Waals surface area contributed by atoms with E-state index in [-0.39, 0.29) is 22.9 Å². The van der Waals surface area contributed by atoms with Crippen molar-refractivity contribution in [3.8, 4) is 11.3 Å². The fourth-order valence-corrected chi connectivity index (χ4v) is 3.65. The molecule has 0 radical (unpaired) electrons. The van der Waals surface area contributed by atoms with Crippen LogP contribution in [0.5, 0.6) is 0 Å². The van der Waals surface area contributed by atoms with Crippen molar-refractivity contribution in [1.82, 2.24) is 10.5 Å². The maximum atomic E-state index is 12.2. The van der Waals surface area contributed by atoms with E-state index in [2.05, 4.69) is 10.5 Å². The molecule has 3 aromatic rings. The number of nitrogens with zero attached hydrogens (tertiary/aromatic N) is 1. The SMILES string of the molecule is CCS(=O)(=O)c1ccc(-c2cc(C(=O)NCCC(O)c3ccccc3)no2)cc1. The number of rotatable bonds is 8. The second-order valence-corrected chi connectivity index (χ2v) is 8.75. The first-order valence-corrected chi connectivity index (χ1v) is 10.9. The van der Waals surface area contributed by atoms with Crippen LogP contribution in [0.1, 0.15) is 35.5 Å². The maximum absolute atomic E-state index is 12.2. The largest absolute Gasteiger partial charge is 0.388 e. The van der Waals surface area contributed by atoms with Crippen molar-refractivity contribution in [2.24, 2.45) is 0 Å². The van der Waals surface area contributed by atoms with Crippen LogP contribution in [-0.4, -0.2) is 36.9 Å². The van der Waals surface area contributed by atoms with Crippen molar-refractivity contribution >= 4 is 15.7 Å². The molecule has 29 heavy (non-hydrogen) atoms. The van der Waals surface area contributed by atoms with Crippen molar-refractivity contribution in [1.29, 1.82) is 0 Å². The minimum absolute atomic E-state index is 0.0257. The first kappa shape index (κ1) is 20.8. The Kier molecular flexibility index (Phi) is 6.46. The van der Waals surface area contributed by atoms with Crippen LogP contribution in [0.2, 0.25) is 0 Å². The summed E-state index contributed by atoms with van der Waals surface area (Å²) in [7, 11) is -3.27. The average Bonchev–Trinajstić information content (AvgIpc) is 3.25. The highest BCUT2D eigenvalue weighted by Crippen LogP contribution is 2.23. The number of hydrogen-bond acceptors (Lipinski definition) is 6. The Labute approximate surface area is 169 Å². The highest BCUT2D eigenvalue weighted by atomic mass is 32.2. The summed E-state index contributed by atoms with van der Waals surface area (Å²) in [6, 6.07) is 16.9. The van der Waals surface area contributed by atoms with E-state index in [0.717, 1.165) is 5.56 Å². The summed E-state index contributed by atoms with van der Waals surface area (Å²) in [5, 5.41) is 16.6.